The SMILES string of the molecule is COC(=O)c1cc2c(cc1C)N1C(=CC(C)CC=C1C1CCCOC1)C(=O)N2. The molecule has 1 aromatic rings. The fraction of sp³-hybridized carbons (Fsp3) is 0.455. The van der Waals surface area contributed by atoms with Gasteiger partial charge in [-0.25, -0.2) is 4.79 Å². The number of esters is 1. The molecule has 0 aliphatic carbocycles. The molecule has 2 atom stereocenters. The van der Waals surface area contributed by atoms with E-state index < -0.39 is 5.97 Å². The van der Waals surface area contributed by atoms with Gasteiger partial charge in [-0.2, -0.15) is 0 Å². The average molecular weight is 382 g/mol. The number of benzene rings is 1. The van der Waals surface area contributed by atoms with Crippen LogP contribution in [-0.4, -0.2) is 32.2 Å². The van der Waals surface area contributed by atoms with Crippen molar-refractivity contribution in [3.05, 3.63) is 46.8 Å². The number of hydrogen-bond acceptors (Lipinski definition) is 5. The highest BCUT2D eigenvalue weighted by molar-refractivity contribution is 6.13. The Morgan fingerprint density at radius 2 is 2.18 bits per heavy atom. The summed E-state index contributed by atoms with van der Waals surface area (Å²) in [6, 6.07) is 3.68. The fourth-order valence-corrected chi connectivity index (χ4v) is 4.21. The molecule has 3 aliphatic rings. The molecule has 6 heteroatoms. The van der Waals surface area contributed by atoms with Crippen LogP contribution in [0.2, 0.25) is 0 Å². The molecule has 28 heavy (non-hydrogen) atoms. The lowest BCUT2D eigenvalue weighted by molar-refractivity contribution is -0.113. The Hall–Kier alpha value is -2.60. The molecule has 3 aliphatic heterocycles. The highest BCUT2D eigenvalue weighted by atomic mass is 16.5. The third-order valence-corrected chi connectivity index (χ3v) is 5.69. The summed E-state index contributed by atoms with van der Waals surface area (Å²) in [5.74, 6) is -0.0376. The number of anilines is 2. The smallest absolute Gasteiger partial charge is 0.338 e. The second kappa shape index (κ2) is 7.43. The minimum atomic E-state index is -0.406. The lowest BCUT2D eigenvalue weighted by Crippen LogP contribution is -2.39. The Kier molecular flexibility index (Phi) is 4.98. The van der Waals surface area contributed by atoms with E-state index in [2.05, 4.69) is 23.2 Å². The molecule has 1 aromatic carbocycles. The number of hydrogen-bond donors (Lipinski definition) is 1. The Balaban J connectivity index is 1.86. The summed E-state index contributed by atoms with van der Waals surface area (Å²) < 4.78 is 10.6. The molecule has 148 valence electrons. The van der Waals surface area contributed by atoms with Crippen molar-refractivity contribution in [2.75, 3.05) is 30.5 Å². The first kappa shape index (κ1) is 18.7. The molecule has 4 rings (SSSR count). The van der Waals surface area contributed by atoms with Crippen molar-refractivity contribution in [3.63, 3.8) is 0 Å². The van der Waals surface area contributed by atoms with Crippen LogP contribution >= 0.6 is 0 Å². The zero-order chi connectivity index (χ0) is 19.8. The quantitative estimate of drug-likeness (QED) is 0.789. The number of nitrogens with one attached hydrogen (secondary N) is 1. The molecular weight excluding hydrogens is 356 g/mol. The number of ether oxygens (including phenoxy) is 2. The Morgan fingerprint density at radius 1 is 1.36 bits per heavy atom. The van der Waals surface area contributed by atoms with Crippen molar-refractivity contribution in [3.8, 4) is 0 Å². The summed E-state index contributed by atoms with van der Waals surface area (Å²) in [7, 11) is 1.36. The highest BCUT2D eigenvalue weighted by Gasteiger charge is 2.36. The minimum Gasteiger partial charge on any atom is -0.465 e. The molecule has 0 spiro atoms. The van der Waals surface area contributed by atoms with E-state index >= 15 is 0 Å². The highest BCUT2D eigenvalue weighted by Crippen LogP contribution is 2.43. The third-order valence-electron chi connectivity index (χ3n) is 5.69. The maximum atomic E-state index is 13.0. The lowest BCUT2D eigenvalue weighted by atomic mass is 9.94. The number of carbonyl (C=O) groups is 2. The van der Waals surface area contributed by atoms with E-state index in [0.717, 1.165) is 42.8 Å². The summed E-state index contributed by atoms with van der Waals surface area (Å²) in [6.45, 7) is 5.47. The summed E-state index contributed by atoms with van der Waals surface area (Å²) in [5, 5.41) is 2.96. The summed E-state index contributed by atoms with van der Waals surface area (Å²) in [6.07, 6.45) is 7.23. The minimum absolute atomic E-state index is 0.149. The number of aryl methyl sites for hydroxylation is 1. The monoisotopic (exact) mass is 382 g/mol. The van der Waals surface area contributed by atoms with Crippen LogP contribution in [0.25, 0.3) is 0 Å². The fourth-order valence-electron chi connectivity index (χ4n) is 4.21. The van der Waals surface area contributed by atoms with Gasteiger partial charge in [-0.15, -0.1) is 0 Å². The van der Waals surface area contributed by atoms with Gasteiger partial charge in [0.1, 0.15) is 5.70 Å². The van der Waals surface area contributed by atoms with E-state index in [1.165, 1.54) is 7.11 Å². The van der Waals surface area contributed by atoms with Crippen LogP contribution in [0.3, 0.4) is 0 Å². The summed E-state index contributed by atoms with van der Waals surface area (Å²) in [5.41, 5.74) is 4.57. The van der Waals surface area contributed by atoms with Crippen LogP contribution in [0.5, 0.6) is 0 Å². The maximum Gasteiger partial charge on any atom is 0.338 e. The van der Waals surface area contributed by atoms with Gasteiger partial charge < -0.3 is 19.7 Å². The van der Waals surface area contributed by atoms with E-state index in [1.807, 2.05) is 19.1 Å². The molecule has 3 heterocycles. The molecule has 1 saturated heterocycles. The second-order valence-electron chi connectivity index (χ2n) is 7.77. The predicted octanol–water partition coefficient (Wildman–Crippen LogP) is 3.77. The van der Waals surface area contributed by atoms with Gasteiger partial charge in [-0.05, 0) is 49.8 Å². The van der Waals surface area contributed by atoms with E-state index in [-0.39, 0.29) is 17.7 Å². The number of allylic oxidation sites excluding steroid dienone is 2. The molecular formula is C22H26N2O4. The van der Waals surface area contributed by atoms with Crippen LogP contribution in [0.1, 0.15) is 42.1 Å². The van der Waals surface area contributed by atoms with E-state index in [9.17, 15) is 9.59 Å². The van der Waals surface area contributed by atoms with E-state index in [1.54, 1.807) is 6.07 Å². The van der Waals surface area contributed by atoms with Gasteiger partial charge in [0.25, 0.3) is 5.91 Å². The van der Waals surface area contributed by atoms with Gasteiger partial charge >= 0.3 is 5.97 Å². The topological polar surface area (TPSA) is 67.9 Å². The number of carbonyl (C=O) groups excluding carboxylic acids is 2. The number of rotatable bonds is 2. The maximum absolute atomic E-state index is 13.0. The zero-order valence-corrected chi connectivity index (χ0v) is 16.6. The van der Waals surface area contributed by atoms with Crippen LogP contribution in [0, 0.1) is 18.8 Å². The third kappa shape index (κ3) is 3.22. The molecule has 0 radical (unpaired) electrons. The van der Waals surface area contributed by atoms with Gasteiger partial charge in [0.05, 0.1) is 30.7 Å². The van der Waals surface area contributed by atoms with Crippen molar-refractivity contribution >= 4 is 23.3 Å². The standard InChI is InChI=1S/C22H26N2O4/c1-13-6-7-18(15-5-4-8-28-12-15)24-19-10-14(2)16(22(26)27-3)11-17(19)23-21(25)20(24)9-13/h7,9-11,13,15H,4-6,8,12H2,1-3H3,(H,23,25). The van der Waals surface area contributed by atoms with Crippen LogP contribution in [-0.2, 0) is 14.3 Å². The molecule has 0 aromatic heterocycles. The van der Waals surface area contributed by atoms with Gasteiger partial charge in [-0.3, -0.25) is 4.79 Å². The predicted molar refractivity (Wildman–Crippen MR) is 107 cm³/mol. The largest absolute Gasteiger partial charge is 0.465 e. The molecule has 1 fully saturated rings. The van der Waals surface area contributed by atoms with E-state index in [0.29, 0.717) is 23.6 Å². The van der Waals surface area contributed by atoms with Gasteiger partial charge in [-0.1, -0.05) is 19.1 Å². The number of fused-ring (bicyclic) bond motifs is 3. The Morgan fingerprint density at radius 3 is 2.89 bits per heavy atom. The first-order chi connectivity index (χ1) is 13.5. The second-order valence-corrected chi connectivity index (χ2v) is 7.77. The first-order valence-electron chi connectivity index (χ1n) is 9.83. The van der Waals surface area contributed by atoms with Crippen molar-refractivity contribution in [2.24, 2.45) is 11.8 Å². The molecule has 0 bridgehead atoms. The van der Waals surface area contributed by atoms with Crippen LogP contribution < -0.4 is 10.2 Å². The van der Waals surface area contributed by atoms with Gasteiger partial charge in [0.2, 0.25) is 0 Å². The first-order valence-corrected chi connectivity index (χ1v) is 9.83. The molecule has 1 N–H and O–H groups in total. The zero-order valence-electron chi connectivity index (χ0n) is 16.6. The molecule has 2 unspecified atom stereocenters. The molecule has 0 saturated carbocycles. The lowest BCUT2D eigenvalue weighted by Gasteiger charge is -2.38. The van der Waals surface area contributed by atoms with E-state index in [4.69, 9.17) is 9.47 Å². The number of amides is 1. The van der Waals surface area contributed by atoms with Crippen molar-refractivity contribution in [2.45, 2.75) is 33.1 Å². The van der Waals surface area contributed by atoms with Crippen molar-refractivity contribution < 1.29 is 19.1 Å². The normalized spacial score (nSPS) is 24.2. The van der Waals surface area contributed by atoms with Crippen LogP contribution in [0.15, 0.2) is 35.7 Å². The van der Waals surface area contributed by atoms with Gasteiger partial charge in [0.15, 0.2) is 0 Å². The molecule has 1 amide bonds. The Labute approximate surface area is 165 Å². The number of methoxy groups -OCH3 is 1. The average Bonchev–Trinajstić information content (AvgIpc) is 2.88. The summed E-state index contributed by atoms with van der Waals surface area (Å²) in [4.78, 5) is 27.1. The number of nitrogens with zero attached hydrogens (tertiary/aromatic N) is 1. The van der Waals surface area contributed by atoms with Crippen molar-refractivity contribution in [1.82, 2.24) is 0 Å². The van der Waals surface area contributed by atoms with Crippen molar-refractivity contribution in [1.29, 1.82) is 0 Å². The van der Waals surface area contributed by atoms with Gasteiger partial charge in [0, 0.05) is 18.2 Å². The van der Waals surface area contributed by atoms with Crippen LogP contribution in [0.4, 0.5) is 11.4 Å². The molecule has 6 nitrogen and oxygen atoms in total. The summed E-state index contributed by atoms with van der Waals surface area (Å²) >= 11 is 0. The Bertz CT molecular complexity index is 881.